The lowest BCUT2D eigenvalue weighted by molar-refractivity contribution is -0.302. The van der Waals surface area contributed by atoms with Gasteiger partial charge in [0.1, 0.15) is 24.4 Å². The smallest absolute Gasteiger partial charge is 0.220 e. The third kappa shape index (κ3) is 29.8. The molecule has 0 aromatic rings. The molecule has 1 fully saturated rings. The summed E-state index contributed by atoms with van der Waals surface area (Å²) in [6, 6.07) is -0.816. The van der Waals surface area contributed by atoms with Gasteiger partial charge in [0, 0.05) is 6.42 Å². The van der Waals surface area contributed by atoms with E-state index >= 15 is 0 Å². The van der Waals surface area contributed by atoms with E-state index in [2.05, 4.69) is 31.3 Å². The van der Waals surface area contributed by atoms with Crippen molar-refractivity contribution in [3.63, 3.8) is 0 Å². The molecule has 0 spiro atoms. The van der Waals surface area contributed by atoms with Crippen LogP contribution >= 0.6 is 0 Å². The number of aliphatic hydroxyl groups excluding tert-OH is 5. The van der Waals surface area contributed by atoms with Crippen LogP contribution < -0.4 is 5.32 Å². The first-order valence-electron chi connectivity index (χ1n) is 24.6. The zero-order valence-electron chi connectivity index (χ0n) is 37.6. The average molecular weight is 824 g/mol. The Bertz CT molecular complexity index is 961. The number of aliphatic hydroxyl groups is 5. The Morgan fingerprint density at radius 3 is 1.45 bits per heavy atom. The van der Waals surface area contributed by atoms with Crippen LogP contribution in [0.1, 0.15) is 226 Å². The number of carbonyl (C=O) groups excluding carboxylic acids is 1. The summed E-state index contributed by atoms with van der Waals surface area (Å²) in [5.74, 6) is -0.185. The van der Waals surface area contributed by atoms with Crippen molar-refractivity contribution in [1.82, 2.24) is 5.32 Å². The fourth-order valence-corrected chi connectivity index (χ4v) is 7.82. The van der Waals surface area contributed by atoms with Crippen LogP contribution in [0.2, 0.25) is 0 Å². The Morgan fingerprint density at radius 1 is 0.569 bits per heavy atom. The maximum Gasteiger partial charge on any atom is 0.220 e. The minimum absolute atomic E-state index is 0.185. The monoisotopic (exact) mass is 824 g/mol. The number of unbranched alkanes of at least 4 members (excludes halogenated alkanes) is 29. The van der Waals surface area contributed by atoms with E-state index in [1.165, 1.54) is 167 Å². The van der Waals surface area contributed by atoms with Gasteiger partial charge in [-0.15, -0.1) is 0 Å². The van der Waals surface area contributed by atoms with Gasteiger partial charge in [-0.05, 0) is 32.1 Å². The number of allylic oxidation sites excluding steroid dienone is 3. The third-order valence-electron chi connectivity index (χ3n) is 11.8. The predicted octanol–water partition coefficient (Wildman–Crippen LogP) is 10.7. The fraction of sp³-hybridized carbons (Fsp3) is 0.898. The van der Waals surface area contributed by atoms with E-state index in [4.69, 9.17) is 9.47 Å². The van der Waals surface area contributed by atoms with Gasteiger partial charge in [0.15, 0.2) is 6.29 Å². The molecule has 1 amide bonds. The maximum absolute atomic E-state index is 13.0. The highest BCUT2D eigenvalue weighted by Crippen LogP contribution is 2.23. The van der Waals surface area contributed by atoms with E-state index in [0.29, 0.717) is 6.42 Å². The third-order valence-corrected chi connectivity index (χ3v) is 11.8. The Labute approximate surface area is 356 Å². The van der Waals surface area contributed by atoms with Crippen LogP contribution in [0, 0.1) is 0 Å². The molecule has 1 aliphatic heterocycles. The number of hydrogen-bond donors (Lipinski definition) is 6. The Morgan fingerprint density at radius 2 is 0.983 bits per heavy atom. The topological polar surface area (TPSA) is 149 Å². The van der Waals surface area contributed by atoms with Crippen LogP contribution in [0.25, 0.3) is 0 Å². The summed E-state index contributed by atoms with van der Waals surface area (Å²) in [4.78, 5) is 13.0. The molecule has 1 rings (SSSR count). The quantitative estimate of drug-likeness (QED) is 0.0264. The van der Waals surface area contributed by atoms with Crippen LogP contribution in [0.5, 0.6) is 0 Å². The molecular weight excluding hydrogens is 731 g/mol. The largest absolute Gasteiger partial charge is 0.394 e. The molecule has 0 aliphatic carbocycles. The molecule has 6 N–H and O–H groups in total. The van der Waals surface area contributed by atoms with E-state index in [0.717, 1.165) is 38.5 Å². The number of ether oxygens (including phenoxy) is 2. The Hall–Kier alpha value is -1.33. The van der Waals surface area contributed by atoms with Crippen LogP contribution in [0.4, 0.5) is 0 Å². The van der Waals surface area contributed by atoms with E-state index < -0.39 is 49.5 Å². The van der Waals surface area contributed by atoms with E-state index in [1.807, 2.05) is 6.08 Å². The zero-order chi connectivity index (χ0) is 42.3. The highest BCUT2D eigenvalue weighted by molar-refractivity contribution is 5.76. The molecule has 0 radical (unpaired) electrons. The molecule has 9 heteroatoms. The highest BCUT2D eigenvalue weighted by Gasteiger charge is 2.44. The number of hydrogen-bond acceptors (Lipinski definition) is 8. The lowest BCUT2D eigenvalue weighted by atomic mass is 9.99. The molecule has 1 aliphatic rings. The average Bonchev–Trinajstić information content (AvgIpc) is 3.22. The number of amides is 1. The van der Waals surface area contributed by atoms with Gasteiger partial charge in [-0.3, -0.25) is 4.79 Å². The summed E-state index contributed by atoms with van der Waals surface area (Å²) < 4.78 is 11.2. The lowest BCUT2D eigenvalue weighted by Crippen LogP contribution is -2.60. The van der Waals surface area contributed by atoms with Crippen molar-refractivity contribution in [2.75, 3.05) is 13.2 Å². The van der Waals surface area contributed by atoms with Crippen LogP contribution in [-0.4, -0.2) is 87.5 Å². The van der Waals surface area contributed by atoms with Crippen LogP contribution in [0.15, 0.2) is 24.3 Å². The van der Waals surface area contributed by atoms with Gasteiger partial charge < -0.3 is 40.3 Å². The van der Waals surface area contributed by atoms with Crippen molar-refractivity contribution in [2.24, 2.45) is 0 Å². The van der Waals surface area contributed by atoms with Gasteiger partial charge in [0.25, 0.3) is 0 Å². The Kier molecular flexibility index (Phi) is 37.5. The predicted molar refractivity (Wildman–Crippen MR) is 240 cm³/mol. The molecule has 7 unspecified atom stereocenters. The molecule has 0 aromatic heterocycles. The van der Waals surface area contributed by atoms with E-state index in [-0.39, 0.29) is 12.5 Å². The van der Waals surface area contributed by atoms with Crippen molar-refractivity contribution in [3.8, 4) is 0 Å². The number of nitrogens with one attached hydrogen (secondary N) is 1. The standard InChI is InChI=1S/C49H93NO8/c1-3-5-7-9-11-13-15-17-19-20-21-22-23-24-25-26-28-30-32-34-36-38-43(52)42(41-57-49-48(56)47(55)46(54)44(40-51)58-49)50-45(53)39-37-35-33-31-29-27-18-16-14-12-10-8-6-4-2/h28,30,36,38,42-44,46-49,51-52,54-56H,3-27,29,31-35,37,39-41H2,1-2H3,(H,50,53)/b30-28+,38-36+. The maximum atomic E-state index is 13.0. The molecule has 0 saturated carbocycles. The van der Waals surface area contributed by atoms with Crippen LogP contribution in [-0.2, 0) is 14.3 Å². The van der Waals surface area contributed by atoms with E-state index in [1.54, 1.807) is 6.08 Å². The van der Waals surface area contributed by atoms with Gasteiger partial charge in [-0.25, -0.2) is 0 Å². The summed E-state index contributed by atoms with van der Waals surface area (Å²) >= 11 is 0. The van der Waals surface area contributed by atoms with Gasteiger partial charge in [-0.1, -0.05) is 212 Å². The second-order valence-electron chi connectivity index (χ2n) is 17.3. The molecule has 1 saturated heterocycles. The molecule has 9 nitrogen and oxygen atoms in total. The first-order valence-corrected chi connectivity index (χ1v) is 24.6. The van der Waals surface area contributed by atoms with Gasteiger partial charge >= 0.3 is 0 Å². The second kappa shape index (κ2) is 39.8. The fourth-order valence-electron chi connectivity index (χ4n) is 7.82. The normalized spacial score (nSPS) is 21.0. The number of carbonyl (C=O) groups is 1. The highest BCUT2D eigenvalue weighted by atomic mass is 16.7. The minimum atomic E-state index is -1.57. The summed E-state index contributed by atoms with van der Waals surface area (Å²) in [6.07, 6.45) is 40.8. The summed E-state index contributed by atoms with van der Waals surface area (Å²) in [7, 11) is 0. The Balaban J connectivity index is 2.33. The van der Waals surface area contributed by atoms with E-state index in [9.17, 15) is 30.3 Å². The lowest BCUT2D eigenvalue weighted by Gasteiger charge is -2.40. The van der Waals surface area contributed by atoms with Gasteiger partial charge in [0.2, 0.25) is 5.91 Å². The second-order valence-corrected chi connectivity index (χ2v) is 17.3. The first-order chi connectivity index (χ1) is 28.3. The van der Waals surface area contributed by atoms with Crippen molar-refractivity contribution in [1.29, 1.82) is 0 Å². The summed E-state index contributed by atoms with van der Waals surface area (Å²) in [5.41, 5.74) is 0. The van der Waals surface area contributed by atoms with Gasteiger partial charge in [0.05, 0.1) is 25.4 Å². The van der Waals surface area contributed by atoms with Gasteiger partial charge in [-0.2, -0.15) is 0 Å². The molecule has 342 valence electrons. The number of rotatable bonds is 41. The molecule has 0 bridgehead atoms. The van der Waals surface area contributed by atoms with Crippen molar-refractivity contribution >= 4 is 5.91 Å². The molecule has 0 aromatic carbocycles. The summed E-state index contributed by atoms with van der Waals surface area (Å²) in [5, 5.41) is 54.2. The van der Waals surface area contributed by atoms with Crippen molar-refractivity contribution in [2.45, 2.75) is 269 Å². The minimum Gasteiger partial charge on any atom is -0.394 e. The molecule has 58 heavy (non-hydrogen) atoms. The van der Waals surface area contributed by atoms with Crippen LogP contribution in [0.3, 0.4) is 0 Å². The summed E-state index contributed by atoms with van der Waals surface area (Å²) in [6.45, 7) is 3.77. The zero-order valence-corrected chi connectivity index (χ0v) is 37.6. The first kappa shape index (κ1) is 54.7. The van der Waals surface area contributed by atoms with Crippen molar-refractivity contribution < 1.29 is 39.8 Å². The molecule has 1 heterocycles. The molecule has 7 atom stereocenters. The SMILES string of the molecule is CCCCCCCCCCCCCCCCC/C=C/CC/C=C/C(O)C(COC1OC(CO)C(O)C(O)C1O)NC(=O)CCCCCCCCCCCCCCCC. The molecular formula is C49H93NO8. The van der Waals surface area contributed by atoms with Crippen molar-refractivity contribution in [3.05, 3.63) is 24.3 Å².